The summed E-state index contributed by atoms with van der Waals surface area (Å²) in [6.07, 6.45) is 5.95. The van der Waals surface area contributed by atoms with Crippen LogP contribution >= 0.6 is 11.8 Å². The molecule has 0 unspecified atom stereocenters. The fourth-order valence-electron chi connectivity index (χ4n) is 3.65. The van der Waals surface area contributed by atoms with Gasteiger partial charge in [0.2, 0.25) is 5.91 Å². The summed E-state index contributed by atoms with van der Waals surface area (Å²) < 4.78 is 0. The summed E-state index contributed by atoms with van der Waals surface area (Å²) >= 11 is 1.48. The van der Waals surface area contributed by atoms with Gasteiger partial charge in [-0.2, -0.15) is 0 Å². The summed E-state index contributed by atoms with van der Waals surface area (Å²) in [5.74, 6) is 1.03. The van der Waals surface area contributed by atoms with Crippen molar-refractivity contribution < 1.29 is 9.59 Å². The van der Waals surface area contributed by atoms with E-state index in [1.807, 2.05) is 48.0 Å². The summed E-state index contributed by atoms with van der Waals surface area (Å²) in [6, 6.07) is 8.05. The van der Waals surface area contributed by atoms with Gasteiger partial charge in [-0.1, -0.05) is 45.2 Å². The predicted molar refractivity (Wildman–Crippen MR) is 113 cm³/mol. The number of benzene rings is 1. The summed E-state index contributed by atoms with van der Waals surface area (Å²) in [5, 5.41) is 0. The highest BCUT2D eigenvalue weighted by Crippen LogP contribution is 2.26. The molecular formula is C22H34N2O2S. The third-order valence-corrected chi connectivity index (χ3v) is 6.30. The van der Waals surface area contributed by atoms with E-state index in [4.69, 9.17) is 0 Å². The van der Waals surface area contributed by atoms with E-state index in [0.29, 0.717) is 29.8 Å². The highest BCUT2D eigenvalue weighted by molar-refractivity contribution is 8.00. The average Bonchev–Trinajstić information content (AvgIpc) is 2.69. The van der Waals surface area contributed by atoms with Crippen LogP contribution in [-0.2, 0) is 4.79 Å². The molecule has 0 N–H and O–H groups in total. The zero-order valence-corrected chi connectivity index (χ0v) is 18.1. The average molecular weight is 391 g/mol. The van der Waals surface area contributed by atoms with Gasteiger partial charge < -0.3 is 9.80 Å². The van der Waals surface area contributed by atoms with Crippen molar-refractivity contribution in [2.75, 3.05) is 25.9 Å². The van der Waals surface area contributed by atoms with Gasteiger partial charge in [0.1, 0.15) is 0 Å². The molecule has 2 amide bonds. The minimum absolute atomic E-state index is 0.0578. The standard InChI is InChI=1S/C22H34N2O2S/c1-5-24(15-17(2)3)22(26)19-13-9-10-14-20(19)27-16-21(25)23(4)18-11-7-6-8-12-18/h9-10,13-14,17-18H,5-8,11-12,15-16H2,1-4H3. The molecule has 0 saturated heterocycles. The van der Waals surface area contributed by atoms with Crippen molar-refractivity contribution in [1.82, 2.24) is 9.80 Å². The van der Waals surface area contributed by atoms with Crippen molar-refractivity contribution in [2.45, 2.75) is 63.8 Å². The molecule has 0 atom stereocenters. The van der Waals surface area contributed by atoms with E-state index in [2.05, 4.69) is 13.8 Å². The molecule has 0 bridgehead atoms. The minimum atomic E-state index is 0.0578. The smallest absolute Gasteiger partial charge is 0.254 e. The lowest BCUT2D eigenvalue weighted by Gasteiger charge is -2.31. The lowest BCUT2D eigenvalue weighted by Crippen LogP contribution is -2.39. The molecule has 0 spiro atoms. The van der Waals surface area contributed by atoms with Gasteiger partial charge in [-0.15, -0.1) is 11.8 Å². The molecule has 1 saturated carbocycles. The quantitative estimate of drug-likeness (QED) is 0.605. The van der Waals surface area contributed by atoms with E-state index in [-0.39, 0.29) is 11.8 Å². The SMILES string of the molecule is CCN(CC(C)C)C(=O)c1ccccc1SCC(=O)N(C)C1CCCCC1. The molecule has 0 aliphatic heterocycles. The van der Waals surface area contributed by atoms with Crippen LogP contribution in [0.5, 0.6) is 0 Å². The van der Waals surface area contributed by atoms with Gasteiger partial charge in [0.05, 0.1) is 11.3 Å². The van der Waals surface area contributed by atoms with Crippen molar-refractivity contribution in [3.8, 4) is 0 Å². The summed E-state index contributed by atoms with van der Waals surface area (Å²) in [7, 11) is 1.93. The van der Waals surface area contributed by atoms with Crippen LogP contribution in [0, 0.1) is 5.92 Å². The first-order chi connectivity index (χ1) is 12.9. The largest absolute Gasteiger partial charge is 0.342 e. The number of thioether (sulfide) groups is 1. The minimum Gasteiger partial charge on any atom is -0.342 e. The van der Waals surface area contributed by atoms with E-state index in [0.717, 1.165) is 24.3 Å². The molecule has 27 heavy (non-hydrogen) atoms. The Bertz CT molecular complexity index is 626. The van der Waals surface area contributed by atoms with Crippen LogP contribution in [0.15, 0.2) is 29.2 Å². The highest BCUT2D eigenvalue weighted by Gasteiger charge is 2.23. The van der Waals surface area contributed by atoms with Crippen LogP contribution in [0.25, 0.3) is 0 Å². The number of nitrogens with zero attached hydrogens (tertiary/aromatic N) is 2. The highest BCUT2D eigenvalue weighted by atomic mass is 32.2. The molecule has 5 heteroatoms. The normalized spacial score (nSPS) is 15.0. The lowest BCUT2D eigenvalue weighted by molar-refractivity contribution is -0.129. The zero-order chi connectivity index (χ0) is 19.8. The second kappa shape index (κ2) is 10.7. The molecule has 1 aliphatic carbocycles. The maximum atomic E-state index is 13.0. The van der Waals surface area contributed by atoms with Gasteiger partial charge in [-0.25, -0.2) is 0 Å². The van der Waals surface area contributed by atoms with Crippen molar-refractivity contribution in [3.63, 3.8) is 0 Å². The molecule has 0 radical (unpaired) electrons. The number of hydrogen-bond donors (Lipinski definition) is 0. The molecule has 0 heterocycles. The van der Waals surface area contributed by atoms with E-state index >= 15 is 0 Å². The Morgan fingerprint density at radius 3 is 2.44 bits per heavy atom. The second-order valence-corrected chi connectivity index (χ2v) is 8.84. The van der Waals surface area contributed by atoms with Crippen molar-refractivity contribution in [2.24, 2.45) is 5.92 Å². The van der Waals surface area contributed by atoms with Crippen LogP contribution < -0.4 is 0 Å². The van der Waals surface area contributed by atoms with Crippen molar-refractivity contribution in [3.05, 3.63) is 29.8 Å². The van der Waals surface area contributed by atoms with Gasteiger partial charge in [-0.05, 0) is 37.8 Å². The van der Waals surface area contributed by atoms with E-state index in [1.54, 1.807) is 0 Å². The van der Waals surface area contributed by atoms with Gasteiger partial charge in [0.25, 0.3) is 5.91 Å². The molecule has 1 aromatic carbocycles. The Hall–Kier alpha value is -1.49. The number of carbonyl (C=O) groups excluding carboxylic acids is 2. The predicted octanol–water partition coefficient (Wildman–Crippen LogP) is 4.69. The first-order valence-corrected chi connectivity index (χ1v) is 11.2. The van der Waals surface area contributed by atoms with E-state index in [9.17, 15) is 9.59 Å². The first kappa shape index (κ1) is 21.8. The monoisotopic (exact) mass is 390 g/mol. The first-order valence-electron chi connectivity index (χ1n) is 10.2. The maximum absolute atomic E-state index is 13.0. The summed E-state index contributed by atoms with van der Waals surface area (Å²) in [5.41, 5.74) is 0.707. The molecule has 1 fully saturated rings. The fourth-order valence-corrected chi connectivity index (χ4v) is 4.62. The molecule has 150 valence electrons. The molecule has 1 aromatic rings. The van der Waals surface area contributed by atoms with Crippen LogP contribution in [0.3, 0.4) is 0 Å². The topological polar surface area (TPSA) is 40.6 Å². The van der Waals surface area contributed by atoms with Crippen molar-refractivity contribution in [1.29, 1.82) is 0 Å². The van der Waals surface area contributed by atoms with Gasteiger partial charge in [-0.3, -0.25) is 9.59 Å². The van der Waals surface area contributed by atoms with Crippen LogP contribution in [0.4, 0.5) is 0 Å². The Kier molecular flexibility index (Phi) is 8.68. The summed E-state index contributed by atoms with van der Waals surface area (Å²) in [4.78, 5) is 30.3. The van der Waals surface area contributed by atoms with Gasteiger partial charge in [0, 0.05) is 31.1 Å². The molecule has 4 nitrogen and oxygen atoms in total. The molecule has 1 aliphatic rings. The number of hydrogen-bond acceptors (Lipinski definition) is 3. The fraction of sp³-hybridized carbons (Fsp3) is 0.636. The third-order valence-electron chi connectivity index (χ3n) is 5.24. The Morgan fingerprint density at radius 2 is 1.81 bits per heavy atom. The Morgan fingerprint density at radius 1 is 1.15 bits per heavy atom. The van der Waals surface area contributed by atoms with E-state index < -0.39 is 0 Å². The second-order valence-electron chi connectivity index (χ2n) is 7.82. The Labute approximate surface area is 168 Å². The van der Waals surface area contributed by atoms with Crippen molar-refractivity contribution >= 4 is 23.6 Å². The van der Waals surface area contributed by atoms with Gasteiger partial charge in [0.15, 0.2) is 0 Å². The van der Waals surface area contributed by atoms with Crippen LogP contribution in [0.2, 0.25) is 0 Å². The molecule has 2 rings (SSSR count). The number of rotatable bonds is 8. The zero-order valence-electron chi connectivity index (χ0n) is 17.2. The molecule has 0 aromatic heterocycles. The van der Waals surface area contributed by atoms with Crippen LogP contribution in [0.1, 0.15) is 63.2 Å². The number of carbonyl (C=O) groups is 2. The number of amides is 2. The molecular weight excluding hydrogens is 356 g/mol. The van der Waals surface area contributed by atoms with E-state index in [1.165, 1.54) is 31.0 Å². The summed E-state index contributed by atoms with van der Waals surface area (Å²) in [6.45, 7) is 7.70. The maximum Gasteiger partial charge on any atom is 0.254 e. The lowest BCUT2D eigenvalue weighted by atomic mass is 9.94. The Balaban J connectivity index is 2.02. The third kappa shape index (κ3) is 6.27. The van der Waals surface area contributed by atoms with Gasteiger partial charge >= 0.3 is 0 Å². The van der Waals surface area contributed by atoms with Crippen LogP contribution in [-0.4, -0.2) is 53.5 Å².